The van der Waals surface area contributed by atoms with Crippen molar-refractivity contribution >= 4 is 5.78 Å². The van der Waals surface area contributed by atoms with Crippen LogP contribution in [0.2, 0.25) is 0 Å². The van der Waals surface area contributed by atoms with Crippen molar-refractivity contribution in [3.63, 3.8) is 0 Å². The Labute approximate surface area is 164 Å². The second-order valence-corrected chi connectivity index (χ2v) is 6.42. The summed E-state index contributed by atoms with van der Waals surface area (Å²) < 4.78 is 6.61. The Morgan fingerprint density at radius 1 is 1.32 bits per heavy atom. The Bertz CT molecular complexity index is 966. The van der Waals surface area contributed by atoms with Crippen LogP contribution >= 0.6 is 0 Å². The second-order valence-electron chi connectivity index (χ2n) is 6.42. The molecule has 6 nitrogen and oxygen atoms in total. The van der Waals surface area contributed by atoms with Gasteiger partial charge in [-0.05, 0) is 43.2 Å². The first-order chi connectivity index (χ1) is 13.5. The summed E-state index contributed by atoms with van der Waals surface area (Å²) >= 11 is 0. The standard InChI is InChI=1S/C22H24N2O4/c1-4-6-7-13-28-17-10-8-16(9-11-17)20(25)19-15(3)18(14-23)21(26)24(12-5-2)22(19)27/h5,8-11,27H,2,4,6-7,12-13H2,1,3H3. The molecule has 1 N–H and O–H groups in total. The van der Waals surface area contributed by atoms with Crippen LogP contribution in [0.15, 0.2) is 41.7 Å². The molecule has 146 valence electrons. The minimum absolute atomic E-state index is 0.00948. The monoisotopic (exact) mass is 380 g/mol. The van der Waals surface area contributed by atoms with Crippen LogP contribution < -0.4 is 10.3 Å². The van der Waals surface area contributed by atoms with Crippen LogP contribution in [0.25, 0.3) is 0 Å². The van der Waals surface area contributed by atoms with Gasteiger partial charge in [0, 0.05) is 12.1 Å². The normalized spacial score (nSPS) is 10.3. The van der Waals surface area contributed by atoms with Crippen LogP contribution in [0.1, 0.15) is 53.2 Å². The summed E-state index contributed by atoms with van der Waals surface area (Å²) in [6.45, 7) is 7.74. The molecule has 0 aliphatic carbocycles. The van der Waals surface area contributed by atoms with Crippen molar-refractivity contribution in [1.29, 1.82) is 5.26 Å². The molecule has 6 heteroatoms. The van der Waals surface area contributed by atoms with E-state index in [1.807, 2.05) is 6.07 Å². The fourth-order valence-electron chi connectivity index (χ4n) is 2.91. The molecule has 28 heavy (non-hydrogen) atoms. The zero-order valence-electron chi connectivity index (χ0n) is 16.2. The number of pyridine rings is 1. The first kappa shape index (κ1) is 21.0. The summed E-state index contributed by atoms with van der Waals surface area (Å²) in [5.74, 6) is -0.281. The van der Waals surface area contributed by atoms with Crippen LogP contribution in [-0.4, -0.2) is 22.1 Å². The lowest BCUT2D eigenvalue weighted by atomic mass is 9.97. The number of hydrogen-bond acceptors (Lipinski definition) is 5. The molecule has 2 aromatic rings. The lowest BCUT2D eigenvalue weighted by molar-refractivity contribution is 0.103. The van der Waals surface area contributed by atoms with Gasteiger partial charge >= 0.3 is 0 Å². The van der Waals surface area contributed by atoms with Gasteiger partial charge in [0.15, 0.2) is 5.78 Å². The van der Waals surface area contributed by atoms with Gasteiger partial charge in [-0.3, -0.25) is 14.2 Å². The van der Waals surface area contributed by atoms with Crippen molar-refractivity contribution in [2.75, 3.05) is 6.61 Å². The molecule has 0 atom stereocenters. The Morgan fingerprint density at radius 2 is 2.00 bits per heavy atom. The third-order valence-corrected chi connectivity index (χ3v) is 4.47. The van der Waals surface area contributed by atoms with E-state index in [0.29, 0.717) is 17.9 Å². The molecule has 0 amide bonds. The molecule has 0 unspecified atom stereocenters. The molecule has 0 aliphatic rings. The number of aromatic hydroxyl groups is 1. The average Bonchev–Trinajstić information content (AvgIpc) is 2.69. The number of allylic oxidation sites excluding steroid dienone is 1. The Balaban J connectivity index is 2.38. The average molecular weight is 380 g/mol. The van der Waals surface area contributed by atoms with Gasteiger partial charge in [0.2, 0.25) is 5.88 Å². The molecular weight excluding hydrogens is 356 g/mol. The van der Waals surface area contributed by atoms with Gasteiger partial charge in [-0.2, -0.15) is 5.26 Å². The third kappa shape index (κ3) is 4.32. The fraction of sp³-hybridized carbons (Fsp3) is 0.318. The van der Waals surface area contributed by atoms with Gasteiger partial charge in [0.1, 0.15) is 17.4 Å². The molecule has 0 aliphatic heterocycles. The highest BCUT2D eigenvalue weighted by Gasteiger charge is 2.24. The number of nitriles is 1. The van der Waals surface area contributed by atoms with E-state index in [0.717, 1.165) is 23.8 Å². The first-order valence-corrected chi connectivity index (χ1v) is 9.21. The number of ketones is 1. The highest BCUT2D eigenvalue weighted by atomic mass is 16.5. The van der Waals surface area contributed by atoms with Crippen LogP contribution in [-0.2, 0) is 6.54 Å². The predicted molar refractivity (Wildman–Crippen MR) is 107 cm³/mol. The predicted octanol–water partition coefficient (Wildman–Crippen LogP) is 3.72. The van der Waals surface area contributed by atoms with Crippen LogP contribution in [0.5, 0.6) is 11.6 Å². The van der Waals surface area contributed by atoms with Crippen LogP contribution in [0, 0.1) is 18.3 Å². The molecule has 1 aromatic heterocycles. The summed E-state index contributed by atoms with van der Waals surface area (Å²) in [4.78, 5) is 25.3. The van der Waals surface area contributed by atoms with E-state index in [1.165, 1.54) is 13.0 Å². The van der Waals surface area contributed by atoms with Crippen molar-refractivity contribution < 1.29 is 14.6 Å². The maximum atomic E-state index is 13.0. The number of benzene rings is 1. The summed E-state index contributed by atoms with van der Waals surface area (Å²) in [5, 5.41) is 19.8. The highest BCUT2D eigenvalue weighted by Crippen LogP contribution is 2.25. The molecule has 2 rings (SSSR count). The van der Waals surface area contributed by atoms with E-state index in [4.69, 9.17) is 4.74 Å². The number of carbonyl (C=O) groups excluding carboxylic acids is 1. The molecule has 0 fully saturated rings. The summed E-state index contributed by atoms with van der Waals surface area (Å²) in [5.41, 5.74) is -0.388. The number of hydrogen-bond donors (Lipinski definition) is 1. The quantitative estimate of drug-likeness (QED) is 0.407. The molecular formula is C22H24N2O4. The van der Waals surface area contributed by atoms with E-state index < -0.39 is 17.2 Å². The molecule has 0 spiro atoms. The van der Waals surface area contributed by atoms with Crippen molar-refractivity contribution in [3.8, 4) is 17.7 Å². The molecule has 1 heterocycles. The number of carbonyl (C=O) groups is 1. The summed E-state index contributed by atoms with van der Waals surface area (Å²) in [6.07, 6.45) is 4.58. The number of aromatic nitrogens is 1. The Morgan fingerprint density at radius 3 is 2.57 bits per heavy atom. The van der Waals surface area contributed by atoms with Crippen LogP contribution in [0.3, 0.4) is 0 Å². The van der Waals surface area contributed by atoms with Gasteiger partial charge in [-0.15, -0.1) is 6.58 Å². The van der Waals surface area contributed by atoms with Crippen molar-refractivity contribution in [3.05, 3.63) is 69.5 Å². The first-order valence-electron chi connectivity index (χ1n) is 9.21. The van der Waals surface area contributed by atoms with E-state index >= 15 is 0 Å². The van der Waals surface area contributed by atoms with Crippen LogP contribution in [0.4, 0.5) is 0 Å². The topological polar surface area (TPSA) is 92.3 Å². The van der Waals surface area contributed by atoms with E-state index in [2.05, 4.69) is 13.5 Å². The van der Waals surface area contributed by atoms with Gasteiger partial charge in [0.25, 0.3) is 5.56 Å². The largest absolute Gasteiger partial charge is 0.494 e. The summed E-state index contributed by atoms with van der Waals surface area (Å²) in [6, 6.07) is 8.41. The molecule has 0 radical (unpaired) electrons. The number of nitrogens with zero attached hydrogens (tertiary/aromatic N) is 2. The number of rotatable bonds is 9. The van der Waals surface area contributed by atoms with Gasteiger partial charge in [-0.25, -0.2) is 0 Å². The molecule has 0 saturated heterocycles. The zero-order chi connectivity index (χ0) is 20.7. The summed E-state index contributed by atoms with van der Waals surface area (Å²) in [7, 11) is 0. The SMILES string of the molecule is C=CCn1c(O)c(C(=O)c2ccc(OCCCCC)cc2)c(C)c(C#N)c1=O. The Kier molecular flexibility index (Phi) is 7.16. The van der Waals surface area contributed by atoms with Crippen molar-refractivity contribution in [1.82, 2.24) is 4.57 Å². The lowest BCUT2D eigenvalue weighted by Crippen LogP contribution is -2.26. The lowest BCUT2D eigenvalue weighted by Gasteiger charge is -2.14. The number of ether oxygens (including phenoxy) is 1. The highest BCUT2D eigenvalue weighted by molar-refractivity contribution is 6.11. The maximum absolute atomic E-state index is 13.0. The van der Waals surface area contributed by atoms with E-state index in [1.54, 1.807) is 24.3 Å². The van der Waals surface area contributed by atoms with Gasteiger partial charge in [-0.1, -0.05) is 25.8 Å². The molecule has 1 aromatic carbocycles. The third-order valence-electron chi connectivity index (χ3n) is 4.47. The van der Waals surface area contributed by atoms with E-state index in [-0.39, 0.29) is 23.2 Å². The van der Waals surface area contributed by atoms with Gasteiger partial charge in [0.05, 0.1) is 12.2 Å². The van der Waals surface area contributed by atoms with Gasteiger partial charge < -0.3 is 9.84 Å². The Hall–Kier alpha value is -3.33. The second kappa shape index (κ2) is 9.56. The fourth-order valence-corrected chi connectivity index (χ4v) is 2.91. The van der Waals surface area contributed by atoms with Crippen molar-refractivity contribution in [2.45, 2.75) is 39.7 Å². The molecule has 0 bridgehead atoms. The van der Waals surface area contributed by atoms with E-state index in [9.17, 15) is 20.0 Å². The minimum Gasteiger partial charge on any atom is -0.494 e. The number of unbranched alkanes of at least 4 members (excludes halogenated alkanes) is 2. The molecule has 0 saturated carbocycles. The maximum Gasteiger partial charge on any atom is 0.271 e. The minimum atomic E-state index is -0.648. The van der Waals surface area contributed by atoms with Crippen molar-refractivity contribution in [2.24, 2.45) is 0 Å². The smallest absolute Gasteiger partial charge is 0.271 e. The zero-order valence-corrected chi connectivity index (χ0v) is 16.2.